The molecule has 7 heteroatoms. The first-order chi connectivity index (χ1) is 7.58. The largest absolute Gasteiger partial charge is 0.320 e. The van der Waals surface area contributed by atoms with Gasteiger partial charge in [0.2, 0.25) is 5.96 Å². The summed E-state index contributed by atoms with van der Waals surface area (Å²) in [6.07, 6.45) is 0. The van der Waals surface area contributed by atoms with E-state index in [1.165, 1.54) is 0 Å². The number of hydrazone groups is 1. The molecule has 0 spiro atoms. The second-order valence-corrected chi connectivity index (χ2v) is 3.96. The lowest BCUT2D eigenvalue weighted by Gasteiger charge is -2.07. The number of guanidine groups is 1. The molecule has 0 saturated heterocycles. The fourth-order valence-electron chi connectivity index (χ4n) is 1.06. The molecule has 4 N–H and O–H groups in total. The molecule has 16 heavy (non-hydrogen) atoms. The number of nitrogens with one attached hydrogen (secondary N) is 2. The van der Waals surface area contributed by atoms with E-state index in [4.69, 9.17) is 17.4 Å². The SMILES string of the molecule is Cc1ccc(C(=O)N/C(=N/N)NI)c(Cl)c1. The predicted octanol–water partition coefficient (Wildman–Crippen LogP) is 1.55. The van der Waals surface area contributed by atoms with Crippen molar-refractivity contribution in [2.75, 3.05) is 0 Å². The zero-order valence-corrected chi connectivity index (χ0v) is 11.3. The van der Waals surface area contributed by atoms with Gasteiger partial charge in [-0.2, -0.15) is 0 Å². The third kappa shape index (κ3) is 3.24. The highest BCUT2D eigenvalue weighted by molar-refractivity contribution is 14.1. The number of carbonyl (C=O) groups excluding carboxylic acids is 1. The summed E-state index contributed by atoms with van der Waals surface area (Å²) in [5.41, 5.74) is 1.36. The number of rotatable bonds is 1. The van der Waals surface area contributed by atoms with Crippen molar-refractivity contribution in [1.29, 1.82) is 0 Å². The van der Waals surface area contributed by atoms with Gasteiger partial charge >= 0.3 is 0 Å². The minimum atomic E-state index is -0.363. The van der Waals surface area contributed by atoms with Crippen molar-refractivity contribution in [3.63, 3.8) is 0 Å². The van der Waals surface area contributed by atoms with Gasteiger partial charge in [0, 0.05) is 0 Å². The second kappa shape index (κ2) is 5.90. The standard InChI is InChI=1S/C9H10ClIN4O/c1-5-2-3-6(7(10)4-5)8(16)13-9(14-11)15-12/h2-4H,12H2,1H3,(H2,13,14,15,16). The lowest BCUT2D eigenvalue weighted by molar-refractivity contribution is 0.0976. The summed E-state index contributed by atoms with van der Waals surface area (Å²) in [6, 6.07) is 5.17. The Morgan fingerprint density at radius 2 is 2.25 bits per heavy atom. The van der Waals surface area contributed by atoms with Crippen molar-refractivity contribution in [3.8, 4) is 0 Å². The van der Waals surface area contributed by atoms with Crippen molar-refractivity contribution >= 4 is 46.3 Å². The van der Waals surface area contributed by atoms with E-state index >= 15 is 0 Å². The van der Waals surface area contributed by atoms with Crippen LogP contribution in [0, 0.1) is 6.92 Å². The fraction of sp³-hybridized carbons (Fsp3) is 0.111. The molecule has 0 aliphatic carbocycles. The predicted molar refractivity (Wildman–Crippen MR) is 72.4 cm³/mol. The number of hydrogen-bond donors (Lipinski definition) is 3. The summed E-state index contributed by atoms with van der Waals surface area (Å²) < 4.78 is 2.60. The summed E-state index contributed by atoms with van der Waals surface area (Å²) in [7, 11) is 0. The highest BCUT2D eigenvalue weighted by Crippen LogP contribution is 2.17. The molecule has 86 valence electrons. The van der Waals surface area contributed by atoms with Crippen LogP contribution in [0.1, 0.15) is 15.9 Å². The average Bonchev–Trinajstić information content (AvgIpc) is 2.25. The van der Waals surface area contributed by atoms with Gasteiger partial charge in [0.05, 0.1) is 33.5 Å². The topological polar surface area (TPSA) is 79.5 Å². The number of hydrogen-bond acceptors (Lipinski definition) is 3. The number of nitrogens with two attached hydrogens (primary N) is 1. The van der Waals surface area contributed by atoms with Crippen molar-refractivity contribution in [2.24, 2.45) is 10.9 Å². The number of carbonyl (C=O) groups is 1. The number of benzene rings is 1. The van der Waals surface area contributed by atoms with Crippen LogP contribution >= 0.6 is 34.5 Å². The minimum absolute atomic E-state index is 0.169. The maximum Gasteiger partial charge on any atom is 0.259 e. The quantitative estimate of drug-likeness (QED) is 0.179. The van der Waals surface area contributed by atoms with E-state index in [2.05, 4.69) is 13.9 Å². The van der Waals surface area contributed by atoms with Gasteiger partial charge in [0.25, 0.3) is 5.91 Å². The molecule has 0 bridgehead atoms. The molecule has 0 unspecified atom stereocenters. The van der Waals surface area contributed by atoms with E-state index in [1.807, 2.05) is 29.8 Å². The van der Waals surface area contributed by atoms with Gasteiger partial charge in [-0.05, 0) is 24.6 Å². The molecule has 0 heterocycles. The normalized spacial score (nSPS) is 11.1. The van der Waals surface area contributed by atoms with Crippen LogP contribution in [0.5, 0.6) is 0 Å². The smallest absolute Gasteiger partial charge is 0.259 e. The van der Waals surface area contributed by atoms with Crippen molar-refractivity contribution in [3.05, 3.63) is 34.3 Å². The van der Waals surface area contributed by atoms with Crippen LogP contribution in [0.15, 0.2) is 23.3 Å². The maximum absolute atomic E-state index is 11.7. The molecule has 1 rings (SSSR count). The second-order valence-electron chi connectivity index (χ2n) is 3.01. The van der Waals surface area contributed by atoms with E-state index in [1.54, 1.807) is 18.2 Å². The maximum atomic E-state index is 11.7. The van der Waals surface area contributed by atoms with Gasteiger partial charge in [-0.15, -0.1) is 5.10 Å². The Hall–Kier alpha value is -1.02. The summed E-state index contributed by atoms with van der Waals surface area (Å²) in [6.45, 7) is 1.90. The van der Waals surface area contributed by atoms with E-state index in [9.17, 15) is 4.79 Å². The molecule has 0 radical (unpaired) electrons. The molecule has 0 aromatic heterocycles. The monoisotopic (exact) mass is 352 g/mol. The van der Waals surface area contributed by atoms with Gasteiger partial charge in [0.15, 0.2) is 0 Å². The molecule has 1 amide bonds. The first-order valence-corrected chi connectivity index (χ1v) is 5.76. The Morgan fingerprint density at radius 3 is 2.75 bits per heavy atom. The van der Waals surface area contributed by atoms with Crippen LogP contribution in [0.25, 0.3) is 0 Å². The van der Waals surface area contributed by atoms with Gasteiger partial charge in [-0.1, -0.05) is 17.7 Å². The van der Waals surface area contributed by atoms with Crippen molar-refractivity contribution < 1.29 is 4.79 Å². The molecule has 5 nitrogen and oxygen atoms in total. The third-order valence-electron chi connectivity index (χ3n) is 1.82. The Bertz CT molecular complexity index is 436. The number of amides is 1. The molecular formula is C9H10ClIN4O. The Morgan fingerprint density at radius 1 is 1.56 bits per heavy atom. The van der Waals surface area contributed by atoms with Gasteiger partial charge in [0.1, 0.15) is 0 Å². The molecule has 1 aromatic rings. The van der Waals surface area contributed by atoms with Crippen LogP contribution in [0.2, 0.25) is 5.02 Å². The van der Waals surface area contributed by atoms with Crippen LogP contribution < -0.4 is 14.7 Å². The summed E-state index contributed by atoms with van der Waals surface area (Å²) in [4.78, 5) is 11.7. The van der Waals surface area contributed by atoms with E-state index < -0.39 is 0 Å². The average molecular weight is 353 g/mol. The van der Waals surface area contributed by atoms with Gasteiger partial charge in [-0.3, -0.25) is 13.6 Å². The molecular weight excluding hydrogens is 342 g/mol. The summed E-state index contributed by atoms with van der Waals surface area (Å²) in [5, 5.41) is 6.21. The lowest BCUT2D eigenvalue weighted by Crippen LogP contribution is -2.37. The first kappa shape index (κ1) is 13.0. The highest BCUT2D eigenvalue weighted by atomic mass is 127. The molecule has 0 fully saturated rings. The van der Waals surface area contributed by atoms with Crippen molar-refractivity contribution in [2.45, 2.75) is 6.92 Å². The minimum Gasteiger partial charge on any atom is -0.320 e. The fourth-order valence-corrected chi connectivity index (χ4v) is 1.65. The molecule has 1 aromatic carbocycles. The zero-order valence-electron chi connectivity index (χ0n) is 8.42. The number of halogens is 2. The van der Waals surface area contributed by atoms with Crippen LogP contribution in [0.3, 0.4) is 0 Å². The van der Waals surface area contributed by atoms with Crippen LogP contribution in [0.4, 0.5) is 0 Å². The zero-order chi connectivity index (χ0) is 12.1. The Kier molecular flexibility index (Phi) is 4.81. The Labute approximate surface area is 112 Å². The van der Waals surface area contributed by atoms with E-state index in [0.717, 1.165) is 5.56 Å². The summed E-state index contributed by atoms with van der Waals surface area (Å²) >= 11 is 7.75. The molecule has 0 aliphatic heterocycles. The van der Waals surface area contributed by atoms with Crippen LogP contribution in [-0.2, 0) is 0 Å². The van der Waals surface area contributed by atoms with Crippen molar-refractivity contribution in [1.82, 2.24) is 8.85 Å². The Balaban J connectivity index is 2.89. The van der Waals surface area contributed by atoms with Gasteiger partial charge in [-0.25, -0.2) is 0 Å². The highest BCUT2D eigenvalue weighted by Gasteiger charge is 2.11. The molecule has 0 saturated carbocycles. The van der Waals surface area contributed by atoms with E-state index in [-0.39, 0.29) is 11.9 Å². The lowest BCUT2D eigenvalue weighted by atomic mass is 10.1. The summed E-state index contributed by atoms with van der Waals surface area (Å²) in [5.74, 6) is 4.85. The third-order valence-corrected chi connectivity index (χ3v) is 2.64. The van der Waals surface area contributed by atoms with E-state index in [0.29, 0.717) is 10.6 Å². The first-order valence-electron chi connectivity index (χ1n) is 4.30. The number of aryl methyl sites for hydroxylation is 1. The number of nitrogens with zero attached hydrogens (tertiary/aromatic N) is 1. The molecule has 0 aliphatic rings. The van der Waals surface area contributed by atoms with Gasteiger partial charge < -0.3 is 5.84 Å². The molecule has 0 atom stereocenters. The van der Waals surface area contributed by atoms with Crippen LogP contribution in [-0.4, -0.2) is 11.9 Å².